The SMILES string of the molecule is O=c1[nH]nc2n1CN(O)c1ccccc1-2. The maximum absolute atomic E-state index is 11.3. The van der Waals surface area contributed by atoms with Crippen molar-refractivity contribution in [1.82, 2.24) is 14.8 Å². The summed E-state index contributed by atoms with van der Waals surface area (Å²) in [5.41, 5.74) is 1.08. The maximum Gasteiger partial charge on any atom is 0.345 e. The van der Waals surface area contributed by atoms with Crippen LogP contribution in [0.4, 0.5) is 5.69 Å². The lowest BCUT2D eigenvalue weighted by Crippen LogP contribution is -2.32. The Labute approximate surface area is 84.3 Å². The molecule has 1 aliphatic heterocycles. The van der Waals surface area contributed by atoms with Crippen molar-refractivity contribution in [3.05, 3.63) is 34.7 Å². The molecule has 0 amide bonds. The number of hydrogen-bond acceptors (Lipinski definition) is 4. The van der Waals surface area contributed by atoms with Crippen molar-refractivity contribution < 1.29 is 5.21 Å². The first-order chi connectivity index (χ1) is 7.27. The molecule has 3 rings (SSSR count). The lowest BCUT2D eigenvalue weighted by Gasteiger charge is -2.24. The van der Waals surface area contributed by atoms with Crippen molar-refractivity contribution in [1.29, 1.82) is 0 Å². The van der Waals surface area contributed by atoms with Crippen molar-refractivity contribution in [3.8, 4) is 11.4 Å². The van der Waals surface area contributed by atoms with Crippen LogP contribution >= 0.6 is 0 Å². The molecule has 1 aromatic carbocycles. The minimum absolute atomic E-state index is 0.0989. The molecule has 2 aromatic rings. The van der Waals surface area contributed by atoms with Gasteiger partial charge in [0.05, 0.1) is 5.69 Å². The average molecular weight is 204 g/mol. The first-order valence-electron chi connectivity index (χ1n) is 4.48. The summed E-state index contributed by atoms with van der Waals surface area (Å²) in [6.07, 6.45) is 0. The second kappa shape index (κ2) is 2.71. The lowest BCUT2D eigenvalue weighted by molar-refractivity contribution is 0.223. The molecule has 0 spiro atoms. The van der Waals surface area contributed by atoms with Crippen LogP contribution in [0.2, 0.25) is 0 Å². The van der Waals surface area contributed by atoms with Gasteiger partial charge < -0.3 is 0 Å². The van der Waals surface area contributed by atoms with Gasteiger partial charge >= 0.3 is 5.69 Å². The quantitative estimate of drug-likeness (QED) is 0.651. The molecule has 0 unspecified atom stereocenters. The Kier molecular flexibility index (Phi) is 1.49. The van der Waals surface area contributed by atoms with Gasteiger partial charge in [0.2, 0.25) is 0 Å². The van der Waals surface area contributed by atoms with E-state index in [0.29, 0.717) is 11.5 Å². The number of nitrogens with one attached hydrogen (secondary N) is 1. The Balaban J connectivity index is 2.35. The molecule has 0 radical (unpaired) electrons. The van der Waals surface area contributed by atoms with Gasteiger partial charge in [0.1, 0.15) is 6.67 Å². The fraction of sp³-hybridized carbons (Fsp3) is 0.111. The fourth-order valence-corrected chi connectivity index (χ4v) is 1.75. The Morgan fingerprint density at radius 2 is 2.20 bits per heavy atom. The molecular formula is C9H8N4O2. The van der Waals surface area contributed by atoms with Crippen LogP contribution in [0, 0.1) is 0 Å². The monoisotopic (exact) mass is 204 g/mol. The number of anilines is 1. The van der Waals surface area contributed by atoms with E-state index < -0.39 is 0 Å². The maximum atomic E-state index is 11.3. The Morgan fingerprint density at radius 1 is 1.40 bits per heavy atom. The van der Waals surface area contributed by atoms with Crippen LogP contribution in [0.1, 0.15) is 0 Å². The van der Waals surface area contributed by atoms with Gasteiger partial charge in [-0.1, -0.05) is 12.1 Å². The van der Waals surface area contributed by atoms with Gasteiger partial charge in [0.15, 0.2) is 5.82 Å². The van der Waals surface area contributed by atoms with E-state index in [2.05, 4.69) is 10.2 Å². The number of para-hydroxylation sites is 1. The van der Waals surface area contributed by atoms with Crippen LogP contribution in [0.5, 0.6) is 0 Å². The number of hydroxylamine groups is 1. The van der Waals surface area contributed by atoms with Gasteiger partial charge in [0, 0.05) is 5.56 Å². The summed E-state index contributed by atoms with van der Waals surface area (Å²) in [5.74, 6) is 0.556. The number of hydrogen-bond donors (Lipinski definition) is 2. The molecule has 0 atom stereocenters. The molecule has 2 N–H and O–H groups in total. The summed E-state index contributed by atoms with van der Waals surface area (Å²) in [7, 11) is 0. The van der Waals surface area contributed by atoms with E-state index in [9.17, 15) is 10.0 Å². The Morgan fingerprint density at radius 3 is 3.07 bits per heavy atom. The van der Waals surface area contributed by atoms with E-state index in [1.165, 1.54) is 4.57 Å². The van der Waals surface area contributed by atoms with Crippen molar-refractivity contribution in [2.24, 2.45) is 0 Å². The summed E-state index contributed by atoms with van der Waals surface area (Å²) in [6, 6.07) is 7.24. The zero-order chi connectivity index (χ0) is 10.4. The number of benzene rings is 1. The molecule has 0 saturated carbocycles. The molecular weight excluding hydrogens is 196 g/mol. The Hall–Kier alpha value is -2.08. The first-order valence-corrected chi connectivity index (χ1v) is 4.48. The molecule has 1 aromatic heterocycles. The van der Waals surface area contributed by atoms with E-state index in [1.807, 2.05) is 18.2 Å². The molecule has 0 saturated heterocycles. The third-order valence-corrected chi connectivity index (χ3v) is 2.46. The second-order valence-electron chi connectivity index (χ2n) is 3.34. The molecule has 0 fully saturated rings. The summed E-state index contributed by atoms with van der Waals surface area (Å²) in [4.78, 5) is 11.3. The molecule has 0 bridgehead atoms. The van der Waals surface area contributed by atoms with Gasteiger partial charge in [-0.25, -0.2) is 15.0 Å². The largest absolute Gasteiger partial charge is 0.345 e. The lowest BCUT2D eigenvalue weighted by atomic mass is 10.1. The van der Waals surface area contributed by atoms with Crippen LogP contribution < -0.4 is 10.8 Å². The zero-order valence-corrected chi connectivity index (χ0v) is 7.71. The zero-order valence-electron chi connectivity index (χ0n) is 7.71. The highest BCUT2D eigenvalue weighted by atomic mass is 16.5. The smallest absolute Gasteiger partial charge is 0.287 e. The van der Waals surface area contributed by atoms with Crippen molar-refractivity contribution in [2.45, 2.75) is 6.67 Å². The summed E-state index contributed by atoms with van der Waals surface area (Å²) >= 11 is 0. The number of aromatic nitrogens is 3. The first kappa shape index (κ1) is 8.25. The topological polar surface area (TPSA) is 74.2 Å². The Bertz CT molecular complexity index is 571. The van der Waals surface area contributed by atoms with Gasteiger partial charge in [-0.3, -0.25) is 9.77 Å². The van der Waals surface area contributed by atoms with Gasteiger partial charge in [-0.05, 0) is 12.1 Å². The van der Waals surface area contributed by atoms with Crippen LogP contribution in [0.3, 0.4) is 0 Å². The standard InChI is InChI=1S/C9H8N4O2/c14-9-11-10-8-6-3-1-2-4-7(6)13(15)5-12(8)9/h1-4,15H,5H2,(H,11,14). The highest BCUT2D eigenvalue weighted by Crippen LogP contribution is 2.31. The van der Waals surface area contributed by atoms with Gasteiger partial charge in [0.25, 0.3) is 0 Å². The van der Waals surface area contributed by atoms with Crippen molar-refractivity contribution >= 4 is 5.69 Å². The molecule has 15 heavy (non-hydrogen) atoms. The third-order valence-electron chi connectivity index (χ3n) is 2.46. The van der Waals surface area contributed by atoms with Gasteiger partial charge in [-0.2, -0.15) is 5.10 Å². The van der Waals surface area contributed by atoms with Crippen LogP contribution in [-0.4, -0.2) is 20.0 Å². The van der Waals surface area contributed by atoms with E-state index >= 15 is 0 Å². The van der Waals surface area contributed by atoms with Crippen molar-refractivity contribution in [3.63, 3.8) is 0 Å². The fourth-order valence-electron chi connectivity index (χ4n) is 1.75. The van der Waals surface area contributed by atoms with Crippen molar-refractivity contribution in [2.75, 3.05) is 5.06 Å². The molecule has 2 heterocycles. The van der Waals surface area contributed by atoms with E-state index in [0.717, 1.165) is 10.6 Å². The molecule has 76 valence electrons. The number of rotatable bonds is 0. The third kappa shape index (κ3) is 1.02. The van der Waals surface area contributed by atoms with Crippen LogP contribution in [0.15, 0.2) is 29.1 Å². The highest BCUT2D eigenvalue weighted by Gasteiger charge is 2.23. The average Bonchev–Trinajstić information content (AvgIpc) is 2.62. The highest BCUT2D eigenvalue weighted by molar-refractivity contribution is 5.74. The summed E-state index contributed by atoms with van der Waals surface area (Å²) in [5, 5.41) is 17.0. The predicted octanol–water partition coefficient (Wildman–Crippen LogP) is 0.405. The van der Waals surface area contributed by atoms with Crippen LogP contribution in [-0.2, 0) is 6.67 Å². The number of fused-ring (bicyclic) bond motifs is 3. The molecule has 1 aliphatic rings. The molecule has 0 aliphatic carbocycles. The number of aromatic amines is 1. The minimum Gasteiger partial charge on any atom is -0.287 e. The minimum atomic E-state index is -0.321. The number of nitrogens with zero attached hydrogens (tertiary/aromatic N) is 3. The second-order valence-corrected chi connectivity index (χ2v) is 3.34. The molecule has 6 heteroatoms. The number of H-pyrrole nitrogens is 1. The predicted molar refractivity (Wildman–Crippen MR) is 52.5 cm³/mol. The summed E-state index contributed by atoms with van der Waals surface area (Å²) in [6.45, 7) is 0.0989. The van der Waals surface area contributed by atoms with Crippen LogP contribution in [0.25, 0.3) is 11.4 Å². The van der Waals surface area contributed by atoms with E-state index in [4.69, 9.17) is 0 Å². The normalized spacial score (nSPS) is 13.5. The molecule has 6 nitrogen and oxygen atoms in total. The van der Waals surface area contributed by atoms with E-state index in [-0.39, 0.29) is 12.4 Å². The van der Waals surface area contributed by atoms with E-state index in [1.54, 1.807) is 6.07 Å². The summed E-state index contributed by atoms with van der Waals surface area (Å²) < 4.78 is 1.38. The van der Waals surface area contributed by atoms with Gasteiger partial charge in [-0.15, -0.1) is 0 Å².